The number of epoxide rings is 1. The highest BCUT2D eigenvalue weighted by atomic mass is 16.6. The number of carbonyl (C=O) groups excluding carboxylic acids is 1. The van der Waals surface area contributed by atoms with Crippen LogP contribution in [0.4, 0.5) is 0 Å². The highest BCUT2D eigenvalue weighted by Gasteiger charge is 2.23. The van der Waals surface area contributed by atoms with Crippen molar-refractivity contribution in [3.63, 3.8) is 0 Å². The minimum absolute atomic E-state index is 0.0586. The van der Waals surface area contributed by atoms with Crippen molar-refractivity contribution in [2.75, 3.05) is 13.1 Å². The summed E-state index contributed by atoms with van der Waals surface area (Å²) < 4.78 is 46.3. The SMILES string of the molecule is [2H]C([2H])(OC(=O)CCCCCCC/C=C\C/C=C\CCCCC)C1([2H])OC1([2H])[2H]. The lowest BCUT2D eigenvalue weighted by Gasteiger charge is -2.02. The number of carbonyl (C=O) groups is 1. The van der Waals surface area contributed by atoms with Crippen LogP contribution in [0.1, 0.15) is 90.8 Å². The number of ether oxygens (including phenoxy) is 2. The predicted molar refractivity (Wildman–Crippen MR) is 100 cm³/mol. The molecule has 3 nitrogen and oxygen atoms in total. The Morgan fingerprint density at radius 3 is 2.42 bits per heavy atom. The van der Waals surface area contributed by atoms with E-state index in [0.29, 0.717) is 6.42 Å². The van der Waals surface area contributed by atoms with Crippen LogP contribution in [0.25, 0.3) is 0 Å². The van der Waals surface area contributed by atoms with Crippen molar-refractivity contribution in [1.82, 2.24) is 0 Å². The van der Waals surface area contributed by atoms with E-state index in [2.05, 4.69) is 40.7 Å². The van der Waals surface area contributed by atoms with Crippen LogP contribution < -0.4 is 0 Å². The molecule has 1 aliphatic heterocycles. The maximum Gasteiger partial charge on any atom is 0.305 e. The molecule has 0 aromatic heterocycles. The zero-order chi connectivity index (χ0) is 21.8. The Hall–Kier alpha value is -1.09. The third kappa shape index (κ3) is 14.5. The van der Waals surface area contributed by atoms with Gasteiger partial charge in [0, 0.05) is 6.42 Å². The monoisotopic (exact) mass is 341 g/mol. The summed E-state index contributed by atoms with van der Waals surface area (Å²) in [5.74, 6) is -0.765. The van der Waals surface area contributed by atoms with Gasteiger partial charge >= 0.3 is 5.97 Å². The molecule has 1 aliphatic rings. The molecule has 0 aromatic carbocycles. The average Bonchev–Trinajstić information content (AvgIpc) is 3.18. The first-order valence-corrected chi connectivity index (χ1v) is 9.38. The van der Waals surface area contributed by atoms with Gasteiger partial charge in [0.05, 0.1) is 13.4 Å². The Morgan fingerprint density at radius 2 is 1.75 bits per heavy atom. The van der Waals surface area contributed by atoms with Gasteiger partial charge in [0.1, 0.15) is 12.6 Å². The molecule has 1 heterocycles. The normalized spacial score (nSPS) is 25.8. The first-order valence-electron chi connectivity index (χ1n) is 11.9. The third-order valence-corrected chi connectivity index (χ3v) is 3.79. The Bertz CT molecular complexity index is 548. The second-order valence-corrected chi connectivity index (χ2v) is 6.09. The third-order valence-electron chi connectivity index (χ3n) is 3.79. The number of hydrogen-bond acceptors (Lipinski definition) is 3. The molecule has 1 unspecified atom stereocenters. The lowest BCUT2D eigenvalue weighted by molar-refractivity contribution is -0.144. The van der Waals surface area contributed by atoms with Crippen molar-refractivity contribution in [3.05, 3.63) is 24.3 Å². The molecule has 1 fully saturated rings. The molecule has 1 atom stereocenters. The van der Waals surface area contributed by atoms with Crippen LogP contribution in [0.5, 0.6) is 0 Å². The summed E-state index contributed by atoms with van der Waals surface area (Å²) in [6.45, 7) is -3.02. The van der Waals surface area contributed by atoms with Crippen LogP contribution in [0, 0.1) is 0 Å². The zero-order valence-electron chi connectivity index (χ0n) is 20.0. The van der Waals surface area contributed by atoms with Crippen LogP contribution in [-0.4, -0.2) is 25.2 Å². The zero-order valence-corrected chi connectivity index (χ0v) is 15.0. The molecule has 0 bridgehead atoms. The topological polar surface area (TPSA) is 38.8 Å². The summed E-state index contributed by atoms with van der Waals surface area (Å²) in [4.78, 5) is 11.7. The van der Waals surface area contributed by atoms with Gasteiger partial charge in [0.15, 0.2) is 0 Å². The molecule has 3 heteroatoms. The molecule has 0 aromatic rings. The summed E-state index contributed by atoms with van der Waals surface area (Å²) in [6, 6.07) is 0. The summed E-state index contributed by atoms with van der Waals surface area (Å²) in [5, 5.41) is 0. The van der Waals surface area contributed by atoms with E-state index in [0.717, 1.165) is 38.5 Å². The van der Waals surface area contributed by atoms with Gasteiger partial charge in [0.25, 0.3) is 0 Å². The van der Waals surface area contributed by atoms with Crippen molar-refractivity contribution in [1.29, 1.82) is 0 Å². The van der Waals surface area contributed by atoms with Gasteiger partial charge in [-0.15, -0.1) is 0 Å². The number of hydrogen-bond donors (Lipinski definition) is 0. The molecule has 1 rings (SSSR count). The first kappa shape index (κ1) is 14.1. The number of rotatable bonds is 16. The molecule has 0 spiro atoms. The van der Waals surface area contributed by atoms with E-state index < -0.39 is 25.2 Å². The van der Waals surface area contributed by atoms with Crippen LogP contribution in [0.2, 0.25) is 0 Å². The van der Waals surface area contributed by atoms with Crippen molar-refractivity contribution in [3.8, 4) is 0 Å². The second-order valence-electron chi connectivity index (χ2n) is 6.09. The summed E-state index contributed by atoms with van der Waals surface area (Å²) in [7, 11) is 0. The van der Waals surface area contributed by atoms with Gasteiger partial charge in [-0.3, -0.25) is 4.79 Å². The van der Waals surface area contributed by atoms with E-state index in [-0.39, 0.29) is 6.42 Å². The summed E-state index contributed by atoms with van der Waals surface area (Å²) in [6.07, 6.45) is 18.2. The Kier molecular flexibility index (Phi) is 9.08. The maximum absolute atomic E-state index is 11.7. The molecule has 0 saturated carbocycles. The van der Waals surface area contributed by atoms with E-state index in [9.17, 15) is 4.79 Å². The van der Waals surface area contributed by atoms with Gasteiger partial charge in [-0.05, 0) is 38.5 Å². The molecular weight excluding hydrogens is 300 g/mol. The van der Waals surface area contributed by atoms with E-state index in [1.807, 2.05) is 0 Å². The molecule has 1 saturated heterocycles. The average molecular weight is 342 g/mol. The fraction of sp³-hybridized carbons (Fsp3) is 0.762. The van der Waals surface area contributed by atoms with Crippen LogP contribution in [-0.2, 0) is 14.3 Å². The predicted octanol–water partition coefficient (Wildman–Crippen LogP) is 5.74. The molecule has 0 aliphatic carbocycles. The van der Waals surface area contributed by atoms with Crippen LogP contribution in [0.3, 0.4) is 0 Å². The first-order chi connectivity index (χ1) is 13.7. The standard InChI is InChI=1S/C21H36O3/c1-2-3-4-5-6-7-8-9-10-11-12-13-14-15-16-17-21(22)24-19-20-18-23-20/h6-7,9-10,20H,2-5,8,11-19H2,1H3/b7-6-,10-9-/i18D2,19D2,20D. The van der Waals surface area contributed by atoms with Crippen LogP contribution >= 0.6 is 0 Å². The van der Waals surface area contributed by atoms with E-state index >= 15 is 0 Å². The lowest BCUT2D eigenvalue weighted by atomic mass is 10.1. The van der Waals surface area contributed by atoms with Gasteiger partial charge in [-0.25, -0.2) is 0 Å². The second kappa shape index (κ2) is 15.4. The Morgan fingerprint density at radius 1 is 1.12 bits per heavy atom. The van der Waals surface area contributed by atoms with Crippen molar-refractivity contribution < 1.29 is 21.1 Å². The van der Waals surface area contributed by atoms with E-state index in [1.165, 1.54) is 25.7 Å². The molecule has 0 amide bonds. The van der Waals surface area contributed by atoms with Gasteiger partial charge in [-0.1, -0.05) is 63.3 Å². The van der Waals surface area contributed by atoms with Crippen molar-refractivity contribution in [2.45, 2.75) is 90.1 Å². The maximum atomic E-state index is 11.7. The van der Waals surface area contributed by atoms with Gasteiger partial charge in [0.2, 0.25) is 0 Å². The highest BCUT2D eigenvalue weighted by Crippen LogP contribution is 2.11. The van der Waals surface area contributed by atoms with Crippen LogP contribution in [0.15, 0.2) is 24.3 Å². The Balaban J connectivity index is 1.98. The molecule has 0 radical (unpaired) electrons. The number of allylic oxidation sites excluding steroid dienone is 4. The van der Waals surface area contributed by atoms with Gasteiger partial charge < -0.3 is 9.47 Å². The van der Waals surface area contributed by atoms with Gasteiger partial charge in [-0.2, -0.15) is 0 Å². The quantitative estimate of drug-likeness (QED) is 0.155. The van der Waals surface area contributed by atoms with E-state index in [1.54, 1.807) is 0 Å². The van der Waals surface area contributed by atoms with Crippen molar-refractivity contribution in [2.24, 2.45) is 0 Å². The molecule has 0 N–H and O–H groups in total. The fourth-order valence-electron chi connectivity index (χ4n) is 2.30. The van der Waals surface area contributed by atoms with Crippen molar-refractivity contribution >= 4 is 5.97 Å². The highest BCUT2D eigenvalue weighted by molar-refractivity contribution is 5.69. The lowest BCUT2D eigenvalue weighted by Crippen LogP contribution is -2.09. The van der Waals surface area contributed by atoms with E-state index in [4.69, 9.17) is 6.85 Å². The summed E-state index contributed by atoms with van der Waals surface area (Å²) >= 11 is 0. The molecular formula is C21H36O3. The minimum Gasteiger partial charge on any atom is -0.463 e. The Labute approximate surface area is 155 Å². The molecule has 24 heavy (non-hydrogen) atoms. The fourth-order valence-corrected chi connectivity index (χ4v) is 2.30. The molecule has 138 valence electrons. The summed E-state index contributed by atoms with van der Waals surface area (Å²) in [5.41, 5.74) is 0. The number of unbranched alkanes of at least 4 members (excludes halogenated alkanes) is 8. The smallest absolute Gasteiger partial charge is 0.305 e. The largest absolute Gasteiger partial charge is 0.463 e. The number of esters is 1. The minimum atomic E-state index is -2.80.